The molecule has 5 nitrogen and oxygen atoms in total. The zero-order valence-corrected chi connectivity index (χ0v) is 19.6. The Morgan fingerprint density at radius 3 is 2.16 bits per heavy atom. The summed E-state index contributed by atoms with van der Waals surface area (Å²) in [6.07, 6.45) is -5.82. The van der Waals surface area contributed by atoms with Crippen molar-refractivity contribution in [3.63, 3.8) is 0 Å². The molecule has 2 N–H and O–H groups in total. The predicted octanol–water partition coefficient (Wildman–Crippen LogP) is 7.09. The van der Waals surface area contributed by atoms with E-state index in [4.69, 9.17) is 0 Å². The van der Waals surface area contributed by atoms with Crippen LogP contribution in [0.3, 0.4) is 0 Å². The maximum atomic E-state index is 13.8. The Balaban J connectivity index is 1.54. The minimum Gasteiger partial charge on any atom is -0.370 e. The molecule has 0 spiro atoms. The molecule has 2 aromatic carbocycles. The summed E-state index contributed by atoms with van der Waals surface area (Å²) in [5.74, 6) is -0.355. The first-order valence-corrected chi connectivity index (χ1v) is 11.3. The molecule has 4 rings (SSSR count). The molecule has 0 fully saturated rings. The number of hydrogen-bond donors (Lipinski definition) is 2. The van der Waals surface area contributed by atoms with Gasteiger partial charge < -0.3 is 10.6 Å². The molecule has 0 radical (unpaired) electrons. The standard InChI is InChI=1S/C27H20F6N4O/c28-26(29,30)18-9-7-17(8-10-18)24-21(5-3-6-22(24)27(31,32)33)25(38)37-20-11-12-23(36-16-20)35-15-13-19-4-1-2-14-34-19/h1-12,14,16H,13,15H2,(H,35,36)(H,37,38). The fraction of sp³-hybridized carbons (Fsp3) is 0.148. The lowest BCUT2D eigenvalue weighted by Gasteiger charge is -2.18. The number of amides is 1. The molecule has 0 saturated heterocycles. The van der Waals surface area contributed by atoms with Crippen LogP contribution in [0.15, 0.2) is 85.2 Å². The SMILES string of the molecule is O=C(Nc1ccc(NCCc2ccccn2)nc1)c1cccc(C(F)(F)F)c1-c1ccc(C(F)(F)F)cc1. The van der Waals surface area contributed by atoms with Gasteiger partial charge in [-0.05, 0) is 54.1 Å². The van der Waals surface area contributed by atoms with E-state index < -0.39 is 35.0 Å². The molecule has 0 aliphatic carbocycles. The van der Waals surface area contributed by atoms with Crippen molar-refractivity contribution in [2.75, 3.05) is 17.2 Å². The van der Waals surface area contributed by atoms with Crippen LogP contribution in [0.1, 0.15) is 27.2 Å². The van der Waals surface area contributed by atoms with Gasteiger partial charge in [0.05, 0.1) is 23.0 Å². The number of carbonyl (C=O) groups excluding carboxylic acids is 1. The molecule has 0 aliphatic rings. The molecule has 2 aromatic heterocycles. The fourth-order valence-electron chi connectivity index (χ4n) is 3.75. The summed E-state index contributed by atoms with van der Waals surface area (Å²) >= 11 is 0. The molecular weight excluding hydrogens is 510 g/mol. The zero-order chi connectivity index (χ0) is 27.3. The second-order valence-electron chi connectivity index (χ2n) is 8.19. The molecule has 4 aromatic rings. The van der Waals surface area contributed by atoms with Crippen LogP contribution in [-0.2, 0) is 18.8 Å². The van der Waals surface area contributed by atoms with Gasteiger partial charge in [-0.2, -0.15) is 26.3 Å². The summed E-state index contributed by atoms with van der Waals surface area (Å²) in [5, 5.41) is 5.61. The number of aromatic nitrogens is 2. The molecule has 1 amide bonds. The molecule has 38 heavy (non-hydrogen) atoms. The van der Waals surface area contributed by atoms with Gasteiger partial charge in [0.2, 0.25) is 0 Å². The zero-order valence-electron chi connectivity index (χ0n) is 19.6. The van der Waals surface area contributed by atoms with Crippen molar-refractivity contribution in [1.82, 2.24) is 9.97 Å². The number of nitrogens with one attached hydrogen (secondary N) is 2. The van der Waals surface area contributed by atoms with Crippen molar-refractivity contribution in [2.45, 2.75) is 18.8 Å². The highest BCUT2D eigenvalue weighted by atomic mass is 19.4. The number of alkyl halides is 6. The van der Waals surface area contributed by atoms with Gasteiger partial charge in [0.1, 0.15) is 5.82 Å². The van der Waals surface area contributed by atoms with E-state index >= 15 is 0 Å². The molecule has 0 bridgehead atoms. The lowest BCUT2D eigenvalue weighted by atomic mass is 9.92. The first-order valence-electron chi connectivity index (χ1n) is 11.3. The minimum atomic E-state index is -4.85. The molecule has 196 valence electrons. The lowest BCUT2D eigenvalue weighted by molar-refractivity contribution is -0.138. The van der Waals surface area contributed by atoms with E-state index in [1.807, 2.05) is 18.2 Å². The quantitative estimate of drug-likeness (QED) is 0.251. The molecule has 2 heterocycles. The van der Waals surface area contributed by atoms with Crippen LogP contribution in [0.2, 0.25) is 0 Å². The number of halogens is 6. The Morgan fingerprint density at radius 1 is 0.789 bits per heavy atom. The Morgan fingerprint density at radius 2 is 1.55 bits per heavy atom. The van der Waals surface area contributed by atoms with E-state index in [-0.39, 0.29) is 16.8 Å². The minimum absolute atomic E-state index is 0.179. The molecule has 11 heteroatoms. The first-order chi connectivity index (χ1) is 18.0. The van der Waals surface area contributed by atoms with Gasteiger partial charge in [0.15, 0.2) is 0 Å². The van der Waals surface area contributed by atoms with Crippen LogP contribution in [0.25, 0.3) is 11.1 Å². The fourth-order valence-corrected chi connectivity index (χ4v) is 3.75. The van der Waals surface area contributed by atoms with Gasteiger partial charge >= 0.3 is 12.4 Å². The Kier molecular flexibility index (Phi) is 7.65. The molecular formula is C27H20F6N4O. The number of hydrogen-bond acceptors (Lipinski definition) is 4. The van der Waals surface area contributed by atoms with Crippen LogP contribution in [0.5, 0.6) is 0 Å². The van der Waals surface area contributed by atoms with Crippen molar-refractivity contribution in [2.24, 2.45) is 0 Å². The van der Waals surface area contributed by atoms with E-state index in [0.717, 1.165) is 30.0 Å². The van der Waals surface area contributed by atoms with Crippen molar-refractivity contribution in [3.8, 4) is 11.1 Å². The van der Waals surface area contributed by atoms with E-state index in [2.05, 4.69) is 20.6 Å². The van der Waals surface area contributed by atoms with Gasteiger partial charge in [0, 0.05) is 36.0 Å². The van der Waals surface area contributed by atoms with Gasteiger partial charge in [-0.15, -0.1) is 0 Å². The van der Waals surface area contributed by atoms with Crippen LogP contribution in [-0.4, -0.2) is 22.4 Å². The highest BCUT2D eigenvalue weighted by Gasteiger charge is 2.36. The van der Waals surface area contributed by atoms with Crippen LogP contribution < -0.4 is 10.6 Å². The molecule has 0 atom stereocenters. The maximum Gasteiger partial charge on any atom is 0.417 e. The molecule has 0 aliphatic heterocycles. The first kappa shape index (κ1) is 26.6. The van der Waals surface area contributed by atoms with E-state index in [9.17, 15) is 31.1 Å². The maximum absolute atomic E-state index is 13.8. The number of nitrogens with zero attached hydrogens (tertiary/aromatic N) is 2. The van der Waals surface area contributed by atoms with E-state index in [1.165, 1.54) is 18.3 Å². The van der Waals surface area contributed by atoms with Crippen LogP contribution in [0.4, 0.5) is 37.8 Å². The highest BCUT2D eigenvalue weighted by Crippen LogP contribution is 2.40. The van der Waals surface area contributed by atoms with Gasteiger partial charge in [-0.25, -0.2) is 4.98 Å². The van der Waals surface area contributed by atoms with Crippen molar-refractivity contribution >= 4 is 17.4 Å². The van der Waals surface area contributed by atoms with Crippen molar-refractivity contribution in [1.29, 1.82) is 0 Å². The topological polar surface area (TPSA) is 66.9 Å². The predicted molar refractivity (Wildman–Crippen MR) is 131 cm³/mol. The van der Waals surface area contributed by atoms with Gasteiger partial charge in [-0.3, -0.25) is 9.78 Å². The Bertz CT molecular complexity index is 1390. The summed E-state index contributed by atoms with van der Waals surface area (Å²) in [6, 6.07) is 14.9. The van der Waals surface area contributed by atoms with Gasteiger partial charge in [0.25, 0.3) is 5.91 Å². The summed E-state index contributed by atoms with van der Waals surface area (Å²) in [4.78, 5) is 21.4. The third-order valence-corrected chi connectivity index (χ3v) is 5.55. The average molecular weight is 530 g/mol. The molecule has 0 saturated carbocycles. The second kappa shape index (κ2) is 10.9. The smallest absolute Gasteiger partial charge is 0.370 e. The van der Waals surface area contributed by atoms with E-state index in [1.54, 1.807) is 12.3 Å². The number of carbonyl (C=O) groups is 1. The number of pyridine rings is 2. The molecule has 0 unspecified atom stereocenters. The summed E-state index contributed by atoms with van der Waals surface area (Å²) in [6.45, 7) is 0.552. The Hall–Kier alpha value is -4.41. The summed E-state index contributed by atoms with van der Waals surface area (Å²) in [5.41, 5.74) is -2.09. The number of anilines is 2. The van der Waals surface area contributed by atoms with Gasteiger partial charge in [-0.1, -0.05) is 24.3 Å². The van der Waals surface area contributed by atoms with Crippen LogP contribution in [0, 0.1) is 0 Å². The van der Waals surface area contributed by atoms with Crippen LogP contribution >= 0.6 is 0 Å². The summed E-state index contributed by atoms with van der Waals surface area (Å²) in [7, 11) is 0. The number of benzene rings is 2. The third kappa shape index (κ3) is 6.47. The lowest BCUT2D eigenvalue weighted by Crippen LogP contribution is -2.17. The number of rotatable bonds is 7. The highest BCUT2D eigenvalue weighted by molar-refractivity contribution is 6.09. The van der Waals surface area contributed by atoms with Crippen molar-refractivity contribution in [3.05, 3.63) is 108 Å². The summed E-state index contributed by atoms with van der Waals surface area (Å²) < 4.78 is 80.3. The normalized spacial score (nSPS) is 11.7. The third-order valence-electron chi connectivity index (χ3n) is 5.55. The van der Waals surface area contributed by atoms with E-state index in [0.29, 0.717) is 30.9 Å². The largest absolute Gasteiger partial charge is 0.417 e. The Labute approximate surface area is 213 Å². The van der Waals surface area contributed by atoms with Crippen molar-refractivity contribution < 1.29 is 31.1 Å². The second-order valence-corrected chi connectivity index (χ2v) is 8.19. The average Bonchev–Trinajstić information content (AvgIpc) is 2.89. The monoisotopic (exact) mass is 530 g/mol.